The van der Waals surface area contributed by atoms with Crippen molar-refractivity contribution < 1.29 is 5.11 Å². The summed E-state index contributed by atoms with van der Waals surface area (Å²) >= 11 is 0. The van der Waals surface area contributed by atoms with Crippen LogP contribution in [0.25, 0.3) is 10.9 Å². The number of anilines is 1. The van der Waals surface area contributed by atoms with E-state index in [0.29, 0.717) is 23.2 Å². The molecule has 0 atom stereocenters. The smallest absolute Gasteiger partial charge is 0.101 e. The Morgan fingerprint density at radius 2 is 2.10 bits per heavy atom. The van der Waals surface area contributed by atoms with Crippen LogP contribution in [0.15, 0.2) is 18.3 Å². The number of aromatic nitrogens is 2. The number of benzene rings is 1. The fourth-order valence-corrected chi connectivity index (χ4v) is 2.98. The first kappa shape index (κ1) is 12.9. The number of nitrogens with two attached hydrogens (primary N) is 1. The van der Waals surface area contributed by atoms with Crippen LogP contribution in [0.5, 0.6) is 0 Å². The molecule has 0 unspecified atom stereocenters. The summed E-state index contributed by atoms with van der Waals surface area (Å²) in [5.41, 5.74) is 7.63. The van der Waals surface area contributed by atoms with Gasteiger partial charge in [0.1, 0.15) is 6.07 Å². The van der Waals surface area contributed by atoms with E-state index in [9.17, 15) is 5.11 Å². The maximum absolute atomic E-state index is 9.18. The van der Waals surface area contributed by atoms with Crippen LogP contribution >= 0.6 is 0 Å². The van der Waals surface area contributed by atoms with Crippen molar-refractivity contribution in [1.82, 2.24) is 9.78 Å². The lowest BCUT2D eigenvalue weighted by Gasteiger charge is -2.27. The first-order chi connectivity index (χ1) is 9.71. The van der Waals surface area contributed by atoms with Gasteiger partial charge in [-0.05, 0) is 43.7 Å². The molecule has 1 aromatic carbocycles. The van der Waals surface area contributed by atoms with Gasteiger partial charge < -0.3 is 10.8 Å². The molecule has 1 aliphatic rings. The minimum Gasteiger partial charge on any atom is -0.398 e. The van der Waals surface area contributed by atoms with Gasteiger partial charge >= 0.3 is 0 Å². The molecule has 1 aromatic heterocycles. The molecule has 3 N–H and O–H groups in total. The van der Waals surface area contributed by atoms with Gasteiger partial charge in [-0.15, -0.1) is 0 Å². The number of fused-ring (bicyclic) bond motifs is 1. The number of aliphatic hydroxyl groups excluding tert-OH is 1. The summed E-state index contributed by atoms with van der Waals surface area (Å²) in [6.45, 7) is 0.288. The molecular formula is C15H18N4O. The van der Waals surface area contributed by atoms with Crippen molar-refractivity contribution in [2.24, 2.45) is 5.92 Å². The Balaban J connectivity index is 1.88. The number of nitrogen functional groups attached to an aromatic ring is 1. The highest BCUT2D eigenvalue weighted by molar-refractivity contribution is 5.84. The molecule has 104 valence electrons. The van der Waals surface area contributed by atoms with Crippen LogP contribution in [-0.4, -0.2) is 21.5 Å². The van der Waals surface area contributed by atoms with Crippen LogP contribution < -0.4 is 5.73 Å². The predicted molar refractivity (Wildman–Crippen MR) is 76.9 cm³/mol. The van der Waals surface area contributed by atoms with E-state index < -0.39 is 0 Å². The van der Waals surface area contributed by atoms with E-state index in [1.165, 1.54) is 0 Å². The molecular weight excluding hydrogens is 252 g/mol. The Bertz CT molecular complexity index is 662. The molecule has 20 heavy (non-hydrogen) atoms. The second-order valence-electron chi connectivity index (χ2n) is 5.58. The Hall–Kier alpha value is -2.06. The van der Waals surface area contributed by atoms with E-state index in [-0.39, 0.29) is 6.61 Å². The Morgan fingerprint density at radius 3 is 2.75 bits per heavy atom. The van der Waals surface area contributed by atoms with Gasteiger partial charge in [-0.2, -0.15) is 10.4 Å². The van der Waals surface area contributed by atoms with E-state index in [1.54, 1.807) is 6.07 Å². The zero-order valence-corrected chi connectivity index (χ0v) is 11.3. The third-order valence-corrected chi connectivity index (χ3v) is 4.26. The fourth-order valence-electron chi connectivity index (χ4n) is 2.98. The first-order valence-corrected chi connectivity index (χ1v) is 7.00. The summed E-state index contributed by atoms with van der Waals surface area (Å²) in [4.78, 5) is 0. The summed E-state index contributed by atoms with van der Waals surface area (Å²) < 4.78 is 2.00. The normalized spacial score (nSPS) is 22.8. The standard InChI is InChI=1S/C15H18N4O/c16-7-11-6-15-12(5-14(11)17)8-19(18-15)13-3-1-10(9-20)2-4-13/h5-6,8,10,13,20H,1-4,9,17H2. The van der Waals surface area contributed by atoms with Crippen LogP contribution in [0.2, 0.25) is 0 Å². The molecule has 3 rings (SSSR count). The molecule has 2 aromatic rings. The molecule has 0 amide bonds. The number of hydrogen-bond donors (Lipinski definition) is 2. The van der Waals surface area contributed by atoms with Crippen molar-refractivity contribution in [2.45, 2.75) is 31.7 Å². The lowest BCUT2D eigenvalue weighted by Crippen LogP contribution is -2.20. The maximum atomic E-state index is 9.18. The lowest BCUT2D eigenvalue weighted by atomic mass is 9.87. The molecule has 1 aliphatic carbocycles. The van der Waals surface area contributed by atoms with E-state index in [2.05, 4.69) is 11.2 Å². The molecule has 5 nitrogen and oxygen atoms in total. The highest BCUT2D eigenvalue weighted by Crippen LogP contribution is 2.32. The van der Waals surface area contributed by atoms with Crippen molar-refractivity contribution in [1.29, 1.82) is 5.26 Å². The molecule has 0 aliphatic heterocycles. The largest absolute Gasteiger partial charge is 0.398 e. The summed E-state index contributed by atoms with van der Waals surface area (Å²) in [6.07, 6.45) is 6.18. The van der Waals surface area contributed by atoms with Crippen LogP contribution in [0.4, 0.5) is 5.69 Å². The van der Waals surface area contributed by atoms with Gasteiger partial charge in [-0.1, -0.05) is 0 Å². The lowest BCUT2D eigenvalue weighted by molar-refractivity contribution is 0.165. The number of nitriles is 1. The van der Waals surface area contributed by atoms with Gasteiger partial charge in [0, 0.05) is 18.2 Å². The molecule has 1 fully saturated rings. The quantitative estimate of drug-likeness (QED) is 0.819. The molecule has 1 heterocycles. The van der Waals surface area contributed by atoms with E-state index in [1.807, 2.05) is 16.9 Å². The fraction of sp³-hybridized carbons (Fsp3) is 0.467. The van der Waals surface area contributed by atoms with Gasteiger partial charge in [-0.3, -0.25) is 4.68 Å². The van der Waals surface area contributed by atoms with Crippen molar-refractivity contribution >= 4 is 16.6 Å². The minimum atomic E-state index is 0.288. The summed E-state index contributed by atoms with van der Waals surface area (Å²) in [5.74, 6) is 0.442. The summed E-state index contributed by atoms with van der Waals surface area (Å²) in [7, 11) is 0. The molecule has 0 bridgehead atoms. The summed E-state index contributed by atoms with van der Waals surface area (Å²) in [6, 6.07) is 6.04. The average molecular weight is 270 g/mol. The zero-order chi connectivity index (χ0) is 14.1. The van der Waals surface area contributed by atoms with E-state index >= 15 is 0 Å². The monoisotopic (exact) mass is 270 g/mol. The average Bonchev–Trinajstić information content (AvgIpc) is 2.89. The minimum absolute atomic E-state index is 0.288. The molecule has 5 heteroatoms. The SMILES string of the molecule is N#Cc1cc2nn(C3CCC(CO)CC3)cc2cc1N. The van der Waals surface area contributed by atoms with Crippen LogP contribution in [0.3, 0.4) is 0 Å². The van der Waals surface area contributed by atoms with Gasteiger partial charge in [0.2, 0.25) is 0 Å². The predicted octanol–water partition coefficient (Wildman–Crippen LogP) is 2.21. The highest BCUT2D eigenvalue weighted by Gasteiger charge is 2.22. The molecule has 0 spiro atoms. The number of nitrogens with zero attached hydrogens (tertiary/aromatic N) is 3. The molecule has 0 radical (unpaired) electrons. The van der Waals surface area contributed by atoms with E-state index in [4.69, 9.17) is 11.0 Å². The van der Waals surface area contributed by atoms with Gasteiger partial charge in [-0.25, -0.2) is 0 Å². The van der Waals surface area contributed by atoms with Crippen molar-refractivity contribution in [3.8, 4) is 6.07 Å². The summed E-state index contributed by atoms with van der Waals surface area (Å²) in [5, 5.41) is 23.7. The zero-order valence-electron chi connectivity index (χ0n) is 11.3. The van der Waals surface area contributed by atoms with Crippen molar-refractivity contribution in [3.05, 3.63) is 23.9 Å². The van der Waals surface area contributed by atoms with Crippen LogP contribution in [0, 0.1) is 17.2 Å². The number of hydrogen-bond acceptors (Lipinski definition) is 4. The third-order valence-electron chi connectivity index (χ3n) is 4.26. The maximum Gasteiger partial charge on any atom is 0.101 e. The first-order valence-electron chi connectivity index (χ1n) is 7.00. The van der Waals surface area contributed by atoms with Gasteiger partial charge in [0.05, 0.1) is 22.8 Å². The second kappa shape index (κ2) is 5.14. The topological polar surface area (TPSA) is 87.9 Å². The molecule has 0 saturated heterocycles. The molecule has 1 saturated carbocycles. The number of aliphatic hydroxyl groups is 1. The Labute approximate surface area is 117 Å². The van der Waals surface area contributed by atoms with Crippen LogP contribution in [-0.2, 0) is 0 Å². The second-order valence-corrected chi connectivity index (χ2v) is 5.58. The van der Waals surface area contributed by atoms with Gasteiger partial charge in [0.15, 0.2) is 0 Å². The third kappa shape index (κ3) is 2.23. The van der Waals surface area contributed by atoms with E-state index in [0.717, 1.165) is 36.6 Å². The highest BCUT2D eigenvalue weighted by atomic mass is 16.3. The van der Waals surface area contributed by atoms with Crippen molar-refractivity contribution in [3.63, 3.8) is 0 Å². The van der Waals surface area contributed by atoms with Crippen molar-refractivity contribution in [2.75, 3.05) is 12.3 Å². The van der Waals surface area contributed by atoms with Crippen LogP contribution in [0.1, 0.15) is 37.3 Å². The Kier molecular flexibility index (Phi) is 3.33. The number of rotatable bonds is 2. The Morgan fingerprint density at radius 1 is 1.35 bits per heavy atom. The van der Waals surface area contributed by atoms with Gasteiger partial charge in [0.25, 0.3) is 0 Å².